The summed E-state index contributed by atoms with van der Waals surface area (Å²) in [6.07, 6.45) is 2.39. The molecular formula is C8H14O2. The number of Topliss-reactive ketones (excluding diaryl/α,β-unsaturated/α-hetero) is 1. The molecule has 1 heterocycles. The fourth-order valence-corrected chi connectivity index (χ4v) is 1.17. The van der Waals surface area contributed by atoms with Crippen molar-refractivity contribution in [3.05, 3.63) is 0 Å². The molecule has 1 aliphatic heterocycles. The minimum atomic E-state index is -0.460. The van der Waals surface area contributed by atoms with Crippen LogP contribution in [-0.2, 0) is 9.53 Å². The molecule has 1 atom stereocenters. The van der Waals surface area contributed by atoms with Gasteiger partial charge in [0.05, 0.1) is 0 Å². The van der Waals surface area contributed by atoms with Crippen LogP contribution >= 0.6 is 0 Å². The highest BCUT2D eigenvalue weighted by Gasteiger charge is 2.33. The molecule has 0 bridgehead atoms. The Kier molecular flexibility index (Phi) is 2.09. The molecule has 0 spiro atoms. The van der Waals surface area contributed by atoms with Gasteiger partial charge in [0.1, 0.15) is 5.60 Å². The number of hydrogen-bond acceptors (Lipinski definition) is 2. The normalized spacial score (nSPS) is 34.4. The predicted octanol–water partition coefficient (Wildman–Crippen LogP) is 1.53. The fourth-order valence-electron chi connectivity index (χ4n) is 1.17. The Morgan fingerprint density at radius 2 is 2.40 bits per heavy atom. The van der Waals surface area contributed by atoms with E-state index in [9.17, 15) is 4.79 Å². The van der Waals surface area contributed by atoms with Crippen molar-refractivity contribution in [2.24, 2.45) is 0 Å². The van der Waals surface area contributed by atoms with Crippen molar-refractivity contribution in [2.75, 3.05) is 6.61 Å². The summed E-state index contributed by atoms with van der Waals surface area (Å²) in [6.45, 7) is 4.62. The van der Waals surface area contributed by atoms with E-state index in [2.05, 4.69) is 0 Å². The predicted molar refractivity (Wildman–Crippen MR) is 38.9 cm³/mol. The van der Waals surface area contributed by atoms with Crippen molar-refractivity contribution in [3.63, 3.8) is 0 Å². The van der Waals surface area contributed by atoms with Crippen molar-refractivity contribution in [2.45, 2.75) is 38.7 Å². The van der Waals surface area contributed by atoms with Crippen LogP contribution in [0, 0.1) is 0 Å². The summed E-state index contributed by atoms with van der Waals surface area (Å²) >= 11 is 0. The third kappa shape index (κ3) is 1.21. The van der Waals surface area contributed by atoms with Crippen LogP contribution in [0.3, 0.4) is 0 Å². The first-order valence-electron chi connectivity index (χ1n) is 3.86. The molecule has 1 fully saturated rings. The van der Waals surface area contributed by atoms with Crippen molar-refractivity contribution >= 4 is 5.78 Å². The van der Waals surface area contributed by atoms with Crippen molar-refractivity contribution in [3.8, 4) is 0 Å². The Morgan fingerprint density at radius 1 is 1.70 bits per heavy atom. The van der Waals surface area contributed by atoms with Crippen LogP contribution in [0.4, 0.5) is 0 Å². The van der Waals surface area contributed by atoms with E-state index in [1.54, 1.807) is 0 Å². The number of ether oxygens (including phenoxy) is 1. The molecule has 0 N–H and O–H groups in total. The van der Waals surface area contributed by atoms with Crippen LogP contribution < -0.4 is 0 Å². The first kappa shape index (κ1) is 7.73. The van der Waals surface area contributed by atoms with Gasteiger partial charge in [0.15, 0.2) is 5.78 Å². The van der Waals surface area contributed by atoms with Gasteiger partial charge in [-0.1, -0.05) is 6.92 Å². The lowest BCUT2D eigenvalue weighted by molar-refractivity contribution is -0.150. The summed E-state index contributed by atoms with van der Waals surface area (Å²) in [5.74, 6) is 0.265. The summed E-state index contributed by atoms with van der Waals surface area (Å²) in [7, 11) is 0. The van der Waals surface area contributed by atoms with E-state index in [-0.39, 0.29) is 5.78 Å². The molecule has 0 aromatic carbocycles. The van der Waals surface area contributed by atoms with E-state index in [1.165, 1.54) is 0 Å². The third-order valence-electron chi connectivity index (χ3n) is 2.23. The Bertz CT molecular complexity index is 142. The van der Waals surface area contributed by atoms with Crippen LogP contribution in [-0.4, -0.2) is 18.0 Å². The number of hydrogen-bond donors (Lipinski definition) is 0. The van der Waals surface area contributed by atoms with Gasteiger partial charge in [-0.15, -0.1) is 0 Å². The zero-order valence-electron chi connectivity index (χ0n) is 6.64. The maximum absolute atomic E-state index is 11.2. The summed E-state index contributed by atoms with van der Waals surface area (Å²) in [5, 5.41) is 0. The van der Waals surface area contributed by atoms with Crippen molar-refractivity contribution in [1.82, 2.24) is 0 Å². The molecule has 0 saturated carbocycles. The molecule has 0 amide bonds. The average Bonchev–Trinajstić information content (AvgIpc) is 1.96. The van der Waals surface area contributed by atoms with Crippen LogP contribution in [0.15, 0.2) is 0 Å². The highest BCUT2D eigenvalue weighted by atomic mass is 16.5. The monoisotopic (exact) mass is 142 g/mol. The Hall–Kier alpha value is -0.370. The Morgan fingerprint density at radius 3 is 2.80 bits per heavy atom. The molecule has 0 aromatic heterocycles. The third-order valence-corrected chi connectivity index (χ3v) is 2.23. The van der Waals surface area contributed by atoms with Gasteiger partial charge in [-0.3, -0.25) is 4.79 Å². The van der Waals surface area contributed by atoms with Crippen LogP contribution in [0.5, 0.6) is 0 Å². The standard InChI is InChI=1S/C8H14O2/c1-3-8(2)7(9)5-4-6-10-8/h3-6H2,1-2H3/t8-/m1/s1. The Balaban J connectivity index is 2.63. The molecule has 10 heavy (non-hydrogen) atoms. The lowest BCUT2D eigenvalue weighted by Crippen LogP contribution is -2.41. The van der Waals surface area contributed by atoms with Gasteiger partial charge >= 0.3 is 0 Å². The maximum atomic E-state index is 11.2. The molecule has 0 aromatic rings. The van der Waals surface area contributed by atoms with Gasteiger partial charge in [0.25, 0.3) is 0 Å². The van der Waals surface area contributed by atoms with Crippen LogP contribution in [0.2, 0.25) is 0 Å². The van der Waals surface area contributed by atoms with E-state index < -0.39 is 5.60 Å². The molecule has 1 saturated heterocycles. The maximum Gasteiger partial charge on any atom is 0.164 e. The zero-order valence-corrected chi connectivity index (χ0v) is 6.64. The number of rotatable bonds is 1. The van der Waals surface area contributed by atoms with E-state index in [0.717, 1.165) is 19.4 Å². The molecule has 58 valence electrons. The highest BCUT2D eigenvalue weighted by Crippen LogP contribution is 2.23. The average molecular weight is 142 g/mol. The molecule has 0 radical (unpaired) electrons. The highest BCUT2D eigenvalue weighted by molar-refractivity contribution is 5.87. The molecule has 1 aliphatic rings. The summed E-state index contributed by atoms with van der Waals surface area (Å²) in [5.41, 5.74) is -0.460. The van der Waals surface area contributed by atoms with Crippen LogP contribution in [0.25, 0.3) is 0 Å². The van der Waals surface area contributed by atoms with E-state index in [4.69, 9.17) is 4.74 Å². The number of carbonyl (C=O) groups excluding carboxylic acids is 1. The smallest absolute Gasteiger partial charge is 0.164 e. The van der Waals surface area contributed by atoms with E-state index in [1.807, 2.05) is 13.8 Å². The Labute approximate surface area is 61.6 Å². The summed E-state index contributed by atoms with van der Waals surface area (Å²) in [6, 6.07) is 0. The van der Waals surface area contributed by atoms with Crippen molar-refractivity contribution in [1.29, 1.82) is 0 Å². The SMILES string of the molecule is CC[C@@]1(C)OCCCC1=O. The number of carbonyl (C=O) groups is 1. The molecule has 2 nitrogen and oxygen atoms in total. The minimum Gasteiger partial charge on any atom is -0.368 e. The van der Waals surface area contributed by atoms with Crippen molar-refractivity contribution < 1.29 is 9.53 Å². The first-order chi connectivity index (χ1) is 4.69. The first-order valence-corrected chi connectivity index (χ1v) is 3.86. The lowest BCUT2D eigenvalue weighted by atomic mass is 9.92. The fraction of sp³-hybridized carbons (Fsp3) is 0.875. The largest absolute Gasteiger partial charge is 0.368 e. The zero-order chi connectivity index (χ0) is 7.61. The van der Waals surface area contributed by atoms with E-state index >= 15 is 0 Å². The van der Waals surface area contributed by atoms with Gasteiger partial charge in [0, 0.05) is 13.0 Å². The second-order valence-electron chi connectivity index (χ2n) is 2.96. The van der Waals surface area contributed by atoms with Gasteiger partial charge in [0.2, 0.25) is 0 Å². The minimum absolute atomic E-state index is 0.265. The van der Waals surface area contributed by atoms with Crippen LogP contribution in [0.1, 0.15) is 33.1 Å². The molecule has 0 unspecified atom stereocenters. The van der Waals surface area contributed by atoms with Gasteiger partial charge < -0.3 is 4.74 Å². The molecule has 0 aliphatic carbocycles. The summed E-state index contributed by atoms with van der Waals surface area (Å²) in [4.78, 5) is 11.2. The quantitative estimate of drug-likeness (QED) is 0.555. The molecule has 2 heteroatoms. The lowest BCUT2D eigenvalue weighted by Gasteiger charge is -2.30. The molecular weight excluding hydrogens is 128 g/mol. The van der Waals surface area contributed by atoms with Gasteiger partial charge in [-0.2, -0.15) is 0 Å². The van der Waals surface area contributed by atoms with Gasteiger partial charge in [-0.05, 0) is 19.8 Å². The second-order valence-corrected chi connectivity index (χ2v) is 2.96. The van der Waals surface area contributed by atoms with Gasteiger partial charge in [-0.25, -0.2) is 0 Å². The van der Waals surface area contributed by atoms with E-state index in [0.29, 0.717) is 6.42 Å². The number of ketones is 1. The summed E-state index contributed by atoms with van der Waals surface area (Å²) < 4.78 is 5.38. The topological polar surface area (TPSA) is 26.3 Å². The molecule has 1 rings (SSSR count). The second kappa shape index (κ2) is 2.70.